The van der Waals surface area contributed by atoms with Crippen LogP contribution in [0, 0.1) is 11.3 Å². The van der Waals surface area contributed by atoms with Crippen LogP contribution in [0.15, 0.2) is 143 Å². The van der Waals surface area contributed by atoms with Crippen LogP contribution < -0.4 is 30.9 Å². The predicted molar refractivity (Wildman–Crippen MR) is 176 cm³/mol. The fourth-order valence-electron chi connectivity index (χ4n) is 6.72. The van der Waals surface area contributed by atoms with Crippen LogP contribution in [0.1, 0.15) is 5.56 Å². The van der Waals surface area contributed by atoms with Crippen LogP contribution >= 0.6 is 11.8 Å². The van der Waals surface area contributed by atoms with Crippen molar-refractivity contribution in [3.8, 4) is 17.6 Å². The van der Waals surface area contributed by atoms with Gasteiger partial charge in [0.1, 0.15) is 11.5 Å². The number of anilines is 6. The Balaban J connectivity index is 1.40. The molecular formula is C37H22BN3OS. The van der Waals surface area contributed by atoms with Gasteiger partial charge in [-0.1, -0.05) is 78.5 Å². The average molecular weight is 567 g/mol. The summed E-state index contributed by atoms with van der Waals surface area (Å²) in [4.78, 5) is 7.07. The average Bonchev–Trinajstić information content (AvgIpc) is 3.07. The first-order chi connectivity index (χ1) is 21.3. The van der Waals surface area contributed by atoms with Crippen LogP contribution in [0.2, 0.25) is 0 Å². The molecule has 0 radical (unpaired) electrons. The van der Waals surface area contributed by atoms with E-state index in [9.17, 15) is 5.26 Å². The van der Waals surface area contributed by atoms with Gasteiger partial charge in [-0.3, -0.25) is 0 Å². The maximum Gasteiger partial charge on any atom is 0.256 e. The summed E-state index contributed by atoms with van der Waals surface area (Å²) in [5.74, 6) is 1.76. The van der Waals surface area contributed by atoms with Gasteiger partial charge in [0.15, 0.2) is 0 Å². The van der Waals surface area contributed by atoms with E-state index in [1.807, 2.05) is 42.1 Å². The lowest BCUT2D eigenvalue weighted by molar-refractivity contribution is 0.487. The molecule has 3 aliphatic heterocycles. The molecule has 4 nitrogen and oxygen atoms in total. The summed E-state index contributed by atoms with van der Waals surface area (Å²) in [6.07, 6.45) is 0. The van der Waals surface area contributed by atoms with Crippen LogP contribution in [0.5, 0.6) is 11.5 Å². The summed E-state index contributed by atoms with van der Waals surface area (Å²) in [6.45, 7) is 0.0394. The molecule has 6 aromatic carbocycles. The zero-order chi connectivity index (χ0) is 28.5. The highest BCUT2D eigenvalue weighted by molar-refractivity contribution is 8.00. The van der Waals surface area contributed by atoms with Gasteiger partial charge in [-0.2, -0.15) is 5.26 Å². The van der Waals surface area contributed by atoms with Gasteiger partial charge < -0.3 is 14.5 Å². The third kappa shape index (κ3) is 3.52. The number of benzene rings is 6. The lowest BCUT2D eigenvalue weighted by atomic mass is 9.34. The summed E-state index contributed by atoms with van der Waals surface area (Å²) in [5.41, 5.74) is 10.9. The molecule has 0 aromatic heterocycles. The largest absolute Gasteiger partial charge is 0.458 e. The van der Waals surface area contributed by atoms with Crippen LogP contribution in [0.4, 0.5) is 34.1 Å². The fourth-order valence-corrected chi connectivity index (χ4v) is 7.90. The lowest BCUT2D eigenvalue weighted by Gasteiger charge is -2.43. The SMILES string of the molecule is N#Cc1ccc(N2c3ccccc3Sc3c2cc2c4c3N(c3ccccc3)c3ccccc3B4c3ccccc3O2)cc1. The van der Waals surface area contributed by atoms with E-state index in [-0.39, 0.29) is 6.71 Å². The van der Waals surface area contributed by atoms with Gasteiger partial charge in [-0.05, 0) is 77.1 Å². The first kappa shape index (κ1) is 24.2. The predicted octanol–water partition coefficient (Wildman–Crippen LogP) is 7.90. The molecule has 3 heterocycles. The molecule has 0 saturated carbocycles. The number of ether oxygens (including phenoxy) is 1. The minimum atomic E-state index is 0.0394. The van der Waals surface area contributed by atoms with Crippen molar-refractivity contribution in [2.45, 2.75) is 9.79 Å². The van der Waals surface area contributed by atoms with Gasteiger partial charge in [0.25, 0.3) is 6.71 Å². The van der Waals surface area contributed by atoms with Crippen LogP contribution in [-0.2, 0) is 0 Å². The summed E-state index contributed by atoms with van der Waals surface area (Å²) in [7, 11) is 0. The normalized spacial score (nSPS) is 13.5. The van der Waals surface area contributed by atoms with Crippen LogP contribution in [0.3, 0.4) is 0 Å². The van der Waals surface area contributed by atoms with E-state index in [2.05, 4.69) is 119 Å². The quantitative estimate of drug-likeness (QED) is 0.199. The van der Waals surface area contributed by atoms with Crippen molar-refractivity contribution in [2.75, 3.05) is 9.80 Å². The first-order valence-electron chi connectivity index (χ1n) is 14.3. The second kappa shape index (κ2) is 9.32. The molecule has 3 aliphatic rings. The molecule has 6 heteroatoms. The standard InChI is InChI=1S/C37H22BN3OS/c39-23-24-18-20-26(21-19-24)40-30-15-7-9-17-34(30)43-37-31(40)22-33-35-36(37)41(25-10-2-1-3-11-25)29-14-6-4-12-27(29)38(35)28-13-5-8-16-32(28)42-33/h1-22H. The van der Waals surface area contributed by atoms with Gasteiger partial charge in [-0.25, -0.2) is 0 Å². The Kier molecular flexibility index (Phi) is 5.25. The Hall–Kier alpha value is -5.38. The summed E-state index contributed by atoms with van der Waals surface area (Å²) >= 11 is 1.81. The van der Waals surface area contributed by atoms with Gasteiger partial charge >= 0.3 is 0 Å². The minimum absolute atomic E-state index is 0.0394. The molecule has 0 N–H and O–H groups in total. The Morgan fingerprint density at radius 1 is 0.605 bits per heavy atom. The van der Waals surface area contributed by atoms with Crippen molar-refractivity contribution < 1.29 is 4.74 Å². The number of rotatable bonds is 2. The number of nitrogens with zero attached hydrogens (tertiary/aromatic N) is 3. The van der Waals surface area contributed by atoms with Crippen molar-refractivity contribution in [2.24, 2.45) is 0 Å². The smallest absolute Gasteiger partial charge is 0.256 e. The molecule has 0 saturated heterocycles. The van der Waals surface area contributed by atoms with Crippen molar-refractivity contribution in [1.82, 2.24) is 0 Å². The summed E-state index contributed by atoms with van der Waals surface area (Å²) in [6, 6.07) is 48.7. The van der Waals surface area contributed by atoms with E-state index in [4.69, 9.17) is 4.74 Å². The molecule has 6 aromatic rings. The van der Waals surface area contributed by atoms with E-state index < -0.39 is 0 Å². The topological polar surface area (TPSA) is 39.5 Å². The van der Waals surface area contributed by atoms with Gasteiger partial charge in [0, 0.05) is 28.0 Å². The third-order valence-electron chi connectivity index (χ3n) is 8.52. The molecule has 0 unspecified atom stereocenters. The number of para-hydroxylation sites is 4. The lowest BCUT2D eigenvalue weighted by Crippen LogP contribution is -2.59. The van der Waals surface area contributed by atoms with E-state index in [1.54, 1.807) is 0 Å². The van der Waals surface area contributed by atoms with Crippen molar-refractivity contribution >= 4 is 69.0 Å². The minimum Gasteiger partial charge on any atom is -0.458 e. The van der Waals surface area contributed by atoms with Crippen molar-refractivity contribution in [3.05, 3.63) is 139 Å². The van der Waals surface area contributed by atoms with Crippen LogP contribution in [-0.4, -0.2) is 6.71 Å². The monoisotopic (exact) mass is 567 g/mol. The molecule has 9 rings (SSSR count). The second-order valence-corrected chi connectivity index (χ2v) is 11.9. The Bertz CT molecular complexity index is 2120. The molecule has 0 bridgehead atoms. The highest BCUT2D eigenvalue weighted by Crippen LogP contribution is 2.58. The Morgan fingerprint density at radius 2 is 1.28 bits per heavy atom. The van der Waals surface area contributed by atoms with E-state index in [1.165, 1.54) is 31.9 Å². The first-order valence-corrected chi connectivity index (χ1v) is 15.1. The Morgan fingerprint density at radius 3 is 2.09 bits per heavy atom. The van der Waals surface area contributed by atoms with Crippen molar-refractivity contribution in [1.29, 1.82) is 5.26 Å². The molecular weight excluding hydrogens is 545 g/mol. The molecule has 0 spiro atoms. The molecule has 0 amide bonds. The summed E-state index contributed by atoms with van der Waals surface area (Å²) in [5, 5.41) is 9.50. The molecule has 43 heavy (non-hydrogen) atoms. The molecule has 200 valence electrons. The fraction of sp³-hybridized carbons (Fsp3) is 0. The molecule has 0 fully saturated rings. The maximum atomic E-state index is 9.50. The number of hydrogen-bond acceptors (Lipinski definition) is 5. The maximum absolute atomic E-state index is 9.50. The zero-order valence-electron chi connectivity index (χ0n) is 22.9. The number of nitriles is 1. The molecule has 0 atom stereocenters. The van der Waals surface area contributed by atoms with Gasteiger partial charge in [0.2, 0.25) is 0 Å². The van der Waals surface area contributed by atoms with Gasteiger partial charge in [-0.15, -0.1) is 0 Å². The van der Waals surface area contributed by atoms with Gasteiger partial charge in [0.05, 0.1) is 33.6 Å². The Labute approximate surface area is 254 Å². The third-order valence-corrected chi connectivity index (χ3v) is 9.69. The van der Waals surface area contributed by atoms with E-state index >= 15 is 0 Å². The highest BCUT2D eigenvalue weighted by atomic mass is 32.2. The highest BCUT2D eigenvalue weighted by Gasteiger charge is 2.45. The molecule has 0 aliphatic carbocycles. The zero-order valence-corrected chi connectivity index (χ0v) is 23.8. The number of hydrogen-bond donors (Lipinski definition) is 0. The summed E-state index contributed by atoms with van der Waals surface area (Å²) < 4.78 is 6.79. The van der Waals surface area contributed by atoms with Crippen molar-refractivity contribution in [3.63, 3.8) is 0 Å². The van der Waals surface area contributed by atoms with Crippen LogP contribution in [0.25, 0.3) is 0 Å². The van der Waals surface area contributed by atoms with E-state index in [0.29, 0.717) is 5.56 Å². The second-order valence-electron chi connectivity index (χ2n) is 10.9. The number of fused-ring (bicyclic) bond motifs is 7. The van der Waals surface area contributed by atoms with E-state index in [0.717, 1.165) is 39.9 Å².